The fourth-order valence-corrected chi connectivity index (χ4v) is 2.43. The van der Waals surface area contributed by atoms with Crippen LogP contribution in [-0.2, 0) is 4.74 Å². The first-order valence-corrected chi connectivity index (χ1v) is 7.14. The van der Waals surface area contributed by atoms with Crippen LogP contribution in [0.3, 0.4) is 0 Å². The summed E-state index contributed by atoms with van der Waals surface area (Å²) in [6.45, 7) is 6.57. The molecule has 1 aliphatic heterocycles. The molecule has 1 N–H and O–H groups in total. The van der Waals surface area contributed by atoms with Crippen molar-refractivity contribution in [3.63, 3.8) is 0 Å². The minimum atomic E-state index is -0.294. The molecule has 0 spiro atoms. The molecule has 120 valence electrons. The van der Waals surface area contributed by atoms with E-state index in [0.29, 0.717) is 30.1 Å². The Balaban J connectivity index is 0.00000176. The highest BCUT2D eigenvalue weighted by molar-refractivity contribution is 5.85. The standard InChI is InChI=1S/C16H19NO4.ClH/c1-10-11(2)16(18)21-15-7-12(3-4-14(10)15)20-9-13-8-17-5-6-19-13;/h3-4,7,13,17H,5-6,8-9H2,1-2H3;1H/t13-;/m0./s1. The maximum absolute atomic E-state index is 11.7. The number of fused-ring (bicyclic) bond motifs is 1. The van der Waals surface area contributed by atoms with Gasteiger partial charge in [0.05, 0.1) is 6.61 Å². The summed E-state index contributed by atoms with van der Waals surface area (Å²) < 4.78 is 16.6. The largest absolute Gasteiger partial charge is 0.491 e. The van der Waals surface area contributed by atoms with Gasteiger partial charge in [-0.05, 0) is 31.5 Å². The smallest absolute Gasteiger partial charge is 0.339 e. The minimum Gasteiger partial charge on any atom is -0.491 e. The molecule has 0 aliphatic carbocycles. The summed E-state index contributed by atoms with van der Waals surface area (Å²) in [6, 6.07) is 5.58. The summed E-state index contributed by atoms with van der Waals surface area (Å²) in [5.41, 5.74) is 1.87. The molecule has 1 aromatic carbocycles. The van der Waals surface area contributed by atoms with E-state index in [1.807, 2.05) is 19.1 Å². The predicted octanol–water partition coefficient (Wildman–Crippen LogP) is 2.20. The summed E-state index contributed by atoms with van der Waals surface area (Å²) in [4.78, 5) is 11.7. The van der Waals surface area contributed by atoms with Crippen LogP contribution in [0.5, 0.6) is 5.75 Å². The second kappa shape index (κ2) is 7.13. The predicted molar refractivity (Wildman–Crippen MR) is 87.3 cm³/mol. The monoisotopic (exact) mass is 325 g/mol. The molecule has 0 bridgehead atoms. The van der Waals surface area contributed by atoms with E-state index in [9.17, 15) is 4.79 Å². The lowest BCUT2D eigenvalue weighted by Crippen LogP contribution is -2.41. The van der Waals surface area contributed by atoms with Gasteiger partial charge < -0.3 is 19.2 Å². The Bertz CT molecular complexity index is 707. The van der Waals surface area contributed by atoms with E-state index in [0.717, 1.165) is 24.0 Å². The summed E-state index contributed by atoms with van der Waals surface area (Å²) in [7, 11) is 0. The Morgan fingerprint density at radius 3 is 2.86 bits per heavy atom. The van der Waals surface area contributed by atoms with Crippen LogP contribution in [0, 0.1) is 13.8 Å². The van der Waals surface area contributed by atoms with Crippen molar-refractivity contribution in [1.29, 1.82) is 0 Å². The van der Waals surface area contributed by atoms with Crippen molar-refractivity contribution in [2.75, 3.05) is 26.3 Å². The quantitative estimate of drug-likeness (QED) is 0.877. The molecule has 1 aliphatic rings. The zero-order chi connectivity index (χ0) is 14.8. The van der Waals surface area contributed by atoms with Gasteiger partial charge in [-0.3, -0.25) is 0 Å². The molecule has 1 atom stereocenters. The van der Waals surface area contributed by atoms with Gasteiger partial charge >= 0.3 is 5.63 Å². The Morgan fingerprint density at radius 1 is 1.32 bits per heavy atom. The zero-order valence-electron chi connectivity index (χ0n) is 12.7. The fraction of sp³-hybridized carbons (Fsp3) is 0.438. The summed E-state index contributed by atoms with van der Waals surface area (Å²) >= 11 is 0. The molecule has 0 saturated carbocycles. The van der Waals surface area contributed by atoms with Gasteiger partial charge in [-0.25, -0.2) is 4.79 Å². The molecule has 0 amide bonds. The average Bonchev–Trinajstić information content (AvgIpc) is 2.51. The van der Waals surface area contributed by atoms with Gasteiger partial charge in [0.1, 0.15) is 24.0 Å². The maximum atomic E-state index is 11.7. The number of rotatable bonds is 3. The lowest BCUT2D eigenvalue weighted by Gasteiger charge is -2.23. The third-order valence-corrected chi connectivity index (χ3v) is 3.87. The van der Waals surface area contributed by atoms with Crippen LogP contribution in [-0.4, -0.2) is 32.4 Å². The number of nitrogens with one attached hydrogen (secondary N) is 1. The molecule has 1 saturated heterocycles. The molecular weight excluding hydrogens is 306 g/mol. The third kappa shape index (κ3) is 3.43. The minimum absolute atomic E-state index is 0. The Morgan fingerprint density at radius 2 is 2.14 bits per heavy atom. The fourth-order valence-electron chi connectivity index (χ4n) is 2.43. The lowest BCUT2D eigenvalue weighted by molar-refractivity contribution is 0.000206. The van der Waals surface area contributed by atoms with Crippen LogP contribution >= 0.6 is 12.4 Å². The van der Waals surface area contributed by atoms with E-state index in [4.69, 9.17) is 13.9 Å². The molecular formula is C16H20ClNO4. The van der Waals surface area contributed by atoms with Gasteiger partial charge in [-0.2, -0.15) is 0 Å². The van der Waals surface area contributed by atoms with E-state index in [-0.39, 0.29) is 24.1 Å². The number of halogens is 1. The maximum Gasteiger partial charge on any atom is 0.339 e. The van der Waals surface area contributed by atoms with Crippen molar-refractivity contribution in [2.45, 2.75) is 20.0 Å². The Hall–Kier alpha value is -1.56. The van der Waals surface area contributed by atoms with E-state index >= 15 is 0 Å². The van der Waals surface area contributed by atoms with Crippen LogP contribution in [0.4, 0.5) is 0 Å². The number of hydrogen-bond donors (Lipinski definition) is 1. The molecule has 3 rings (SSSR count). The van der Waals surface area contributed by atoms with Gasteiger partial charge in [-0.1, -0.05) is 0 Å². The molecule has 2 heterocycles. The van der Waals surface area contributed by atoms with Gasteiger partial charge in [-0.15, -0.1) is 12.4 Å². The highest BCUT2D eigenvalue weighted by Crippen LogP contribution is 2.24. The summed E-state index contributed by atoms with van der Waals surface area (Å²) in [6.07, 6.45) is 0.0567. The summed E-state index contributed by atoms with van der Waals surface area (Å²) in [5.74, 6) is 0.683. The first kappa shape index (κ1) is 16.8. The highest BCUT2D eigenvalue weighted by Gasteiger charge is 2.14. The average molecular weight is 326 g/mol. The van der Waals surface area contributed by atoms with Crippen LogP contribution in [0.25, 0.3) is 11.0 Å². The first-order chi connectivity index (χ1) is 10.1. The van der Waals surface area contributed by atoms with E-state index < -0.39 is 0 Å². The molecule has 22 heavy (non-hydrogen) atoms. The second-order valence-electron chi connectivity index (χ2n) is 5.31. The van der Waals surface area contributed by atoms with Crippen LogP contribution in [0.2, 0.25) is 0 Å². The topological polar surface area (TPSA) is 60.7 Å². The van der Waals surface area contributed by atoms with Gasteiger partial charge in [0.15, 0.2) is 0 Å². The SMILES string of the molecule is Cc1c(C)c2ccc(OC[C@@H]3CNCCO3)cc2oc1=O.Cl. The molecule has 5 nitrogen and oxygen atoms in total. The molecule has 1 aromatic heterocycles. The Kier molecular flexibility index (Phi) is 5.45. The number of ether oxygens (including phenoxy) is 2. The molecule has 0 unspecified atom stereocenters. The number of aryl methyl sites for hydroxylation is 1. The zero-order valence-corrected chi connectivity index (χ0v) is 13.5. The second-order valence-corrected chi connectivity index (χ2v) is 5.31. The van der Waals surface area contributed by atoms with Gasteiger partial charge in [0.25, 0.3) is 0 Å². The van der Waals surface area contributed by atoms with Crippen molar-refractivity contribution in [2.24, 2.45) is 0 Å². The first-order valence-electron chi connectivity index (χ1n) is 7.14. The molecule has 0 radical (unpaired) electrons. The van der Waals surface area contributed by atoms with E-state index in [1.54, 1.807) is 13.0 Å². The van der Waals surface area contributed by atoms with Crippen molar-refractivity contribution in [3.8, 4) is 5.75 Å². The molecule has 1 fully saturated rings. The van der Waals surface area contributed by atoms with Gasteiger partial charge in [0.2, 0.25) is 0 Å². The van der Waals surface area contributed by atoms with E-state index in [1.165, 1.54) is 0 Å². The summed E-state index contributed by atoms with van der Waals surface area (Å²) in [5, 5.41) is 4.20. The number of morpholine rings is 1. The van der Waals surface area contributed by atoms with Gasteiger partial charge in [0, 0.05) is 30.1 Å². The molecule has 6 heteroatoms. The van der Waals surface area contributed by atoms with Crippen molar-refractivity contribution in [1.82, 2.24) is 5.32 Å². The van der Waals surface area contributed by atoms with Crippen LogP contribution < -0.4 is 15.7 Å². The van der Waals surface area contributed by atoms with Crippen molar-refractivity contribution < 1.29 is 13.9 Å². The van der Waals surface area contributed by atoms with Crippen molar-refractivity contribution >= 4 is 23.4 Å². The van der Waals surface area contributed by atoms with E-state index in [2.05, 4.69) is 5.32 Å². The highest BCUT2D eigenvalue weighted by atomic mass is 35.5. The lowest BCUT2D eigenvalue weighted by atomic mass is 10.1. The van der Waals surface area contributed by atoms with Crippen LogP contribution in [0.15, 0.2) is 27.4 Å². The number of hydrogen-bond acceptors (Lipinski definition) is 5. The van der Waals surface area contributed by atoms with Crippen molar-refractivity contribution in [3.05, 3.63) is 39.7 Å². The Labute approximate surface area is 135 Å². The third-order valence-electron chi connectivity index (χ3n) is 3.87. The normalized spacial score (nSPS) is 18.0. The van der Waals surface area contributed by atoms with Crippen LogP contribution in [0.1, 0.15) is 11.1 Å². The molecule has 2 aromatic rings. The number of benzene rings is 1.